The molecular formula is C24H32N2O3S. The van der Waals surface area contributed by atoms with E-state index in [0.29, 0.717) is 24.8 Å². The monoisotopic (exact) mass is 428 g/mol. The lowest BCUT2D eigenvalue weighted by Gasteiger charge is -2.29. The Kier molecular flexibility index (Phi) is 9.74. The quantitative estimate of drug-likeness (QED) is 0.585. The van der Waals surface area contributed by atoms with Gasteiger partial charge >= 0.3 is 0 Å². The van der Waals surface area contributed by atoms with Gasteiger partial charge in [0.1, 0.15) is 11.8 Å². The second-order valence-electron chi connectivity index (χ2n) is 7.67. The Morgan fingerprint density at radius 1 is 1.03 bits per heavy atom. The molecule has 0 saturated carbocycles. The first kappa shape index (κ1) is 23.8. The number of ether oxygens (including phenoxy) is 1. The van der Waals surface area contributed by atoms with Crippen LogP contribution in [0.25, 0.3) is 0 Å². The van der Waals surface area contributed by atoms with E-state index in [1.54, 1.807) is 30.7 Å². The molecule has 0 aliphatic heterocycles. The molecule has 0 unspecified atom stereocenters. The van der Waals surface area contributed by atoms with Crippen molar-refractivity contribution in [1.82, 2.24) is 10.2 Å². The Labute approximate surface area is 184 Å². The summed E-state index contributed by atoms with van der Waals surface area (Å²) < 4.78 is 5.30. The first-order valence-electron chi connectivity index (χ1n) is 10.2. The Hall–Kier alpha value is -2.47. The van der Waals surface area contributed by atoms with Gasteiger partial charge in [0.25, 0.3) is 0 Å². The number of nitrogens with one attached hydrogen (secondary N) is 1. The maximum absolute atomic E-state index is 13.1. The lowest BCUT2D eigenvalue weighted by atomic mass is 10.1. The molecule has 0 spiro atoms. The predicted molar refractivity (Wildman–Crippen MR) is 123 cm³/mol. The van der Waals surface area contributed by atoms with Crippen molar-refractivity contribution < 1.29 is 14.3 Å². The summed E-state index contributed by atoms with van der Waals surface area (Å²) in [5.41, 5.74) is 2.11. The maximum atomic E-state index is 13.1. The van der Waals surface area contributed by atoms with Crippen LogP contribution in [0, 0.1) is 5.92 Å². The minimum atomic E-state index is -0.556. The smallest absolute Gasteiger partial charge is 0.242 e. The molecule has 0 heterocycles. The van der Waals surface area contributed by atoms with E-state index in [1.165, 1.54) is 5.56 Å². The third kappa shape index (κ3) is 7.75. The van der Waals surface area contributed by atoms with E-state index >= 15 is 0 Å². The molecule has 2 rings (SSSR count). The van der Waals surface area contributed by atoms with Crippen molar-refractivity contribution in [2.24, 2.45) is 5.92 Å². The Morgan fingerprint density at radius 3 is 2.40 bits per heavy atom. The maximum Gasteiger partial charge on any atom is 0.242 e. The van der Waals surface area contributed by atoms with Crippen LogP contribution < -0.4 is 10.1 Å². The second kappa shape index (κ2) is 12.3. The van der Waals surface area contributed by atoms with E-state index in [2.05, 4.69) is 5.32 Å². The summed E-state index contributed by atoms with van der Waals surface area (Å²) in [6.07, 6.45) is 0. The Balaban J connectivity index is 2.08. The molecule has 0 radical (unpaired) electrons. The predicted octanol–water partition coefficient (Wildman–Crippen LogP) is 4.12. The van der Waals surface area contributed by atoms with Gasteiger partial charge in [-0.15, -0.1) is 11.8 Å². The van der Waals surface area contributed by atoms with Crippen molar-refractivity contribution in [2.45, 2.75) is 39.1 Å². The molecule has 0 fully saturated rings. The van der Waals surface area contributed by atoms with Gasteiger partial charge in [-0.25, -0.2) is 0 Å². The summed E-state index contributed by atoms with van der Waals surface area (Å²) in [5.74, 6) is 1.98. The third-order valence-corrected chi connectivity index (χ3v) is 5.66. The van der Waals surface area contributed by atoms with E-state index in [1.807, 2.05) is 68.4 Å². The molecule has 6 heteroatoms. The van der Waals surface area contributed by atoms with Gasteiger partial charge in [-0.1, -0.05) is 56.3 Å². The minimum Gasteiger partial charge on any atom is -0.497 e. The number of methoxy groups -OCH3 is 1. The van der Waals surface area contributed by atoms with Gasteiger partial charge in [-0.2, -0.15) is 0 Å². The summed E-state index contributed by atoms with van der Waals surface area (Å²) in [6, 6.07) is 17.1. The van der Waals surface area contributed by atoms with Crippen LogP contribution in [0.2, 0.25) is 0 Å². The average molecular weight is 429 g/mol. The minimum absolute atomic E-state index is 0.0500. The average Bonchev–Trinajstić information content (AvgIpc) is 2.76. The van der Waals surface area contributed by atoms with Crippen LogP contribution >= 0.6 is 11.8 Å². The van der Waals surface area contributed by atoms with Crippen LogP contribution in [0.1, 0.15) is 31.9 Å². The van der Waals surface area contributed by atoms with Crippen molar-refractivity contribution in [3.8, 4) is 5.75 Å². The Bertz CT molecular complexity index is 811. The highest BCUT2D eigenvalue weighted by molar-refractivity contribution is 7.99. The van der Waals surface area contributed by atoms with Gasteiger partial charge in [-0.3, -0.25) is 9.59 Å². The van der Waals surface area contributed by atoms with E-state index in [0.717, 1.165) is 17.1 Å². The zero-order valence-electron chi connectivity index (χ0n) is 18.3. The van der Waals surface area contributed by atoms with Gasteiger partial charge in [0.05, 0.1) is 12.9 Å². The topological polar surface area (TPSA) is 58.6 Å². The number of carbonyl (C=O) groups excluding carboxylic acids is 2. The number of carbonyl (C=O) groups is 2. The van der Waals surface area contributed by atoms with Gasteiger partial charge in [0.15, 0.2) is 0 Å². The molecule has 0 saturated heterocycles. The largest absolute Gasteiger partial charge is 0.497 e. The van der Waals surface area contributed by atoms with Crippen LogP contribution in [0.15, 0.2) is 54.6 Å². The fourth-order valence-corrected chi connectivity index (χ4v) is 3.79. The van der Waals surface area contributed by atoms with E-state index in [9.17, 15) is 9.59 Å². The highest BCUT2D eigenvalue weighted by Crippen LogP contribution is 2.18. The molecule has 2 aromatic carbocycles. The normalized spacial score (nSPS) is 11.8. The summed E-state index contributed by atoms with van der Waals surface area (Å²) in [6.45, 7) is 6.83. The number of benzene rings is 2. The summed E-state index contributed by atoms with van der Waals surface area (Å²) in [4.78, 5) is 27.4. The number of thioether (sulfide) groups is 1. The number of rotatable bonds is 11. The van der Waals surface area contributed by atoms with Gasteiger partial charge in [0, 0.05) is 18.8 Å². The van der Waals surface area contributed by atoms with E-state index < -0.39 is 6.04 Å². The summed E-state index contributed by atoms with van der Waals surface area (Å²) >= 11 is 1.56. The van der Waals surface area contributed by atoms with Crippen LogP contribution in [0.4, 0.5) is 0 Å². The van der Waals surface area contributed by atoms with Gasteiger partial charge < -0.3 is 15.0 Å². The van der Waals surface area contributed by atoms with Crippen molar-refractivity contribution in [3.63, 3.8) is 0 Å². The number of nitrogens with zero attached hydrogens (tertiary/aromatic N) is 1. The number of amides is 2. The van der Waals surface area contributed by atoms with Crippen molar-refractivity contribution in [3.05, 3.63) is 65.7 Å². The molecule has 0 aliphatic carbocycles. The molecule has 30 heavy (non-hydrogen) atoms. The van der Waals surface area contributed by atoms with Crippen LogP contribution in [-0.4, -0.2) is 42.2 Å². The second-order valence-corrected chi connectivity index (χ2v) is 8.65. The standard InChI is InChI=1S/C24H32N2O3S/c1-18(2)14-25-24(28)19(3)26(15-21-11-8-12-22(13-21)29-4)23(27)17-30-16-20-9-6-5-7-10-20/h5-13,18-19H,14-17H2,1-4H3,(H,25,28)/t19-/m1/s1. The zero-order valence-corrected chi connectivity index (χ0v) is 19.1. The third-order valence-electron chi connectivity index (χ3n) is 4.68. The fraction of sp³-hybridized carbons (Fsp3) is 0.417. The molecule has 5 nitrogen and oxygen atoms in total. The molecule has 162 valence electrons. The molecule has 1 atom stereocenters. The van der Waals surface area contributed by atoms with E-state index in [-0.39, 0.29) is 11.8 Å². The fourth-order valence-electron chi connectivity index (χ4n) is 2.92. The van der Waals surface area contributed by atoms with Gasteiger partial charge in [0.2, 0.25) is 11.8 Å². The Morgan fingerprint density at radius 2 is 1.73 bits per heavy atom. The highest BCUT2D eigenvalue weighted by atomic mass is 32.2. The number of hydrogen-bond donors (Lipinski definition) is 1. The van der Waals surface area contributed by atoms with Crippen molar-refractivity contribution >= 4 is 23.6 Å². The molecule has 0 bridgehead atoms. The molecule has 1 N–H and O–H groups in total. The van der Waals surface area contributed by atoms with E-state index in [4.69, 9.17) is 4.74 Å². The lowest BCUT2D eigenvalue weighted by molar-refractivity contribution is -0.138. The summed E-state index contributed by atoms with van der Waals surface area (Å²) in [7, 11) is 1.62. The zero-order chi connectivity index (χ0) is 21.9. The molecule has 0 aliphatic rings. The van der Waals surface area contributed by atoms with Gasteiger partial charge in [-0.05, 0) is 36.1 Å². The highest BCUT2D eigenvalue weighted by Gasteiger charge is 2.26. The molecule has 0 aromatic heterocycles. The van der Waals surface area contributed by atoms with Crippen molar-refractivity contribution in [1.29, 1.82) is 0 Å². The number of hydrogen-bond acceptors (Lipinski definition) is 4. The molecule has 2 amide bonds. The van der Waals surface area contributed by atoms with Crippen LogP contribution in [-0.2, 0) is 21.9 Å². The lowest BCUT2D eigenvalue weighted by Crippen LogP contribution is -2.48. The summed E-state index contributed by atoms with van der Waals surface area (Å²) in [5, 5.41) is 2.94. The van der Waals surface area contributed by atoms with Crippen LogP contribution in [0.3, 0.4) is 0 Å². The molecule has 2 aromatic rings. The van der Waals surface area contributed by atoms with Crippen LogP contribution in [0.5, 0.6) is 5.75 Å². The first-order valence-corrected chi connectivity index (χ1v) is 11.4. The SMILES string of the molecule is COc1cccc(CN(C(=O)CSCc2ccccc2)[C@H](C)C(=O)NCC(C)C)c1. The first-order chi connectivity index (χ1) is 14.4. The van der Waals surface area contributed by atoms with Crippen molar-refractivity contribution in [2.75, 3.05) is 19.4 Å². The molecular weight excluding hydrogens is 396 g/mol.